The molecule has 5 rings (SSSR count). The third-order valence-corrected chi connectivity index (χ3v) is 7.62. The van der Waals surface area contributed by atoms with Gasteiger partial charge in [-0.1, -0.05) is 66.6 Å². The number of aliphatic hydroxyl groups excluding tert-OH is 1. The Morgan fingerprint density at radius 2 is 1.69 bits per heavy atom. The van der Waals surface area contributed by atoms with Crippen molar-refractivity contribution in [2.24, 2.45) is 0 Å². The van der Waals surface area contributed by atoms with Crippen LogP contribution in [0.25, 0.3) is 16.0 Å². The average Bonchev–Trinajstić information content (AvgIpc) is 3.47. The van der Waals surface area contributed by atoms with E-state index in [2.05, 4.69) is 11.9 Å². The number of amides is 1. The van der Waals surface area contributed by atoms with Crippen molar-refractivity contribution < 1.29 is 24.2 Å². The number of rotatable bonds is 9. The number of unbranched alkanes of at least 4 members (excludes halogenated alkanes) is 1. The average molecular weight is 543 g/mol. The molecule has 1 fully saturated rings. The number of aliphatic hydroxyl groups is 1. The van der Waals surface area contributed by atoms with E-state index < -0.39 is 17.7 Å². The van der Waals surface area contributed by atoms with E-state index >= 15 is 0 Å². The Morgan fingerprint density at radius 1 is 0.974 bits per heavy atom. The van der Waals surface area contributed by atoms with Crippen LogP contribution in [0.4, 0.5) is 5.13 Å². The van der Waals surface area contributed by atoms with Crippen LogP contribution in [0.3, 0.4) is 0 Å². The van der Waals surface area contributed by atoms with Crippen LogP contribution in [0, 0.1) is 6.92 Å². The van der Waals surface area contributed by atoms with Gasteiger partial charge >= 0.3 is 5.91 Å². The minimum absolute atomic E-state index is 0.0257. The van der Waals surface area contributed by atoms with Crippen molar-refractivity contribution in [2.45, 2.75) is 39.7 Å². The predicted molar refractivity (Wildman–Crippen MR) is 154 cm³/mol. The maximum atomic E-state index is 13.5. The molecule has 2 heterocycles. The van der Waals surface area contributed by atoms with E-state index in [1.54, 1.807) is 12.1 Å². The summed E-state index contributed by atoms with van der Waals surface area (Å²) in [5.41, 5.74) is 2.87. The van der Waals surface area contributed by atoms with Gasteiger partial charge in [-0.25, -0.2) is 4.98 Å². The summed E-state index contributed by atoms with van der Waals surface area (Å²) in [6.07, 6.45) is 1.97. The molecule has 1 N–H and O–H groups in total. The maximum absolute atomic E-state index is 13.5. The quantitative estimate of drug-likeness (QED) is 0.108. The van der Waals surface area contributed by atoms with Gasteiger partial charge in [0.05, 0.1) is 35.0 Å². The van der Waals surface area contributed by atoms with Crippen molar-refractivity contribution in [3.8, 4) is 11.5 Å². The Balaban J connectivity index is 1.62. The maximum Gasteiger partial charge on any atom is 0.301 e. The number of fused-ring (bicyclic) bond motifs is 1. The van der Waals surface area contributed by atoms with E-state index in [1.165, 1.54) is 16.2 Å². The molecule has 1 unspecified atom stereocenters. The normalized spacial score (nSPS) is 16.7. The summed E-state index contributed by atoms with van der Waals surface area (Å²) in [5.74, 6) is -0.302. The second-order valence-corrected chi connectivity index (χ2v) is 10.4. The van der Waals surface area contributed by atoms with Crippen LogP contribution in [0.1, 0.15) is 49.4 Å². The molecule has 7 nitrogen and oxygen atoms in total. The second-order valence-electron chi connectivity index (χ2n) is 9.37. The highest BCUT2D eigenvalue weighted by molar-refractivity contribution is 7.22. The molecule has 0 aliphatic carbocycles. The molecule has 3 aromatic carbocycles. The number of anilines is 1. The van der Waals surface area contributed by atoms with Gasteiger partial charge in [-0.3, -0.25) is 14.5 Å². The van der Waals surface area contributed by atoms with Crippen LogP contribution >= 0.6 is 11.3 Å². The first-order valence-corrected chi connectivity index (χ1v) is 13.9. The molecular weight excluding hydrogens is 512 g/mol. The number of carbonyl (C=O) groups excluding carboxylic acids is 2. The summed E-state index contributed by atoms with van der Waals surface area (Å²) in [7, 11) is 0. The molecule has 8 heteroatoms. The number of thiazole rings is 1. The lowest BCUT2D eigenvalue weighted by molar-refractivity contribution is -0.132. The smallest absolute Gasteiger partial charge is 0.301 e. The summed E-state index contributed by atoms with van der Waals surface area (Å²) in [6.45, 7) is 7.09. The number of aromatic nitrogens is 1. The van der Waals surface area contributed by atoms with Crippen LogP contribution in [-0.4, -0.2) is 35.0 Å². The number of benzene rings is 3. The zero-order chi connectivity index (χ0) is 27.5. The molecule has 1 saturated heterocycles. The molecule has 1 aromatic heterocycles. The fourth-order valence-corrected chi connectivity index (χ4v) is 5.57. The van der Waals surface area contributed by atoms with Crippen LogP contribution in [0.2, 0.25) is 0 Å². The third kappa shape index (κ3) is 5.25. The van der Waals surface area contributed by atoms with Gasteiger partial charge in [0.2, 0.25) is 0 Å². The van der Waals surface area contributed by atoms with Crippen LogP contribution < -0.4 is 14.4 Å². The lowest BCUT2D eigenvalue weighted by Crippen LogP contribution is -2.29. The first kappa shape index (κ1) is 26.4. The standard InChI is InChI=1S/C31H30N2O5S/c1-4-6-17-38-22-13-11-20(12-14-22)27-26(28(34)21-9-7-19(3)8-10-21)29(35)30(36)33(27)31-32-24-16-15-23(37-5-2)18-25(24)39-31/h7-16,18,27,34H,4-6,17H2,1-3H3. The minimum Gasteiger partial charge on any atom is -0.507 e. The number of ketones is 1. The SMILES string of the molecule is CCCCOc1ccc(C2C(=C(O)c3ccc(C)cc3)C(=O)C(=O)N2c2nc3ccc(OCC)cc3s2)cc1. The molecule has 0 saturated carbocycles. The Morgan fingerprint density at radius 3 is 2.38 bits per heavy atom. The van der Waals surface area contributed by atoms with Gasteiger partial charge in [0, 0.05) is 5.56 Å². The van der Waals surface area contributed by atoms with Gasteiger partial charge in [0.25, 0.3) is 5.78 Å². The monoisotopic (exact) mass is 542 g/mol. The summed E-state index contributed by atoms with van der Waals surface area (Å²) in [5, 5.41) is 11.7. The molecule has 0 spiro atoms. The molecular formula is C31H30N2O5S. The Hall–Kier alpha value is -4.17. The zero-order valence-corrected chi connectivity index (χ0v) is 23.0. The Kier molecular flexibility index (Phi) is 7.65. The number of carbonyl (C=O) groups is 2. The van der Waals surface area contributed by atoms with Crippen LogP contribution in [-0.2, 0) is 9.59 Å². The largest absolute Gasteiger partial charge is 0.507 e. The molecule has 39 heavy (non-hydrogen) atoms. The third-order valence-electron chi connectivity index (χ3n) is 6.60. The molecule has 1 amide bonds. The fourth-order valence-electron chi connectivity index (χ4n) is 4.55. The highest BCUT2D eigenvalue weighted by Crippen LogP contribution is 2.45. The number of aryl methyl sites for hydroxylation is 1. The van der Waals surface area contributed by atoms with E-state index in [9.17, 15) is 14.7 Å². The predicted octanol–water partition coefficient (Wildman–Crippen LogP) is 6.81. The first-order chi connectivity index (χ1) is 18.9. The van der Waals surface area contributed by atoms with E-state index in [-0.39, 0.29) is 11.3 Å². The van der Waals surface area contributed by atoms with E-state index in [4.69, 9.17) is 9.47 Å². The van der Waals surface area contributed by atoms with Gasteiger partial charge < -0.3 is 14.6 Å². The van der Waals surface area contributed by atoms with Gasteiger partial charge in [0.15, 0.2) is 5.13 Å². The first-order valence-electron chi connectivity index (χ1n) is 13.1. The van der Waals surface area contributed by atoms with Crippen molar-refractivity contribution >= 4 is 44.1 Å². The van der Waals surface area contributed by atoms with Crippen molar-refractivity contribution in [1.82, 2.24) is 4.98 Å². The van der Waals surface area contributed by atoms with E-state index in [1.807, 2.05) is 68.4 Å². The van der Waals surface area contributed by atoms with Gasteiger partial charge in [-0.15, -0.1) is 0 Å². The van der Waals surface area contributed by atoms with Crippen molar-refractivity contribution in [3.63, 3.8) is 0 Å². The molecule has 1 aliphatic heterocycles. The fraction of sp³-hybridized carbons (Fsp3) is 0.258. The topological polar surface area (TPSA) is 89.0 Å². The molecule has 0 radical (unpaired) electrons. The van der Waals surface area contributed by atoms with Gasteiger partial charge in [0.1, 0.15) is 17.3 Å². The Labute approximate surface area is 231 Å². The molecule has 4 aromatic rings. The number of Topliss-reactive ketones (excluding diaryl/α,β-unsaturated/α-hetero) is 1. The second kappa shape index (κ2) is 11.3. The summed E-state index contributed by atoms with van der Waals surface area (Å²) < 4.78 is 12.3. The zero-order valence-electron chi connectivity index (χ0n) is 22.1. The highest BCUT2D eigenvalue weighted by atomic mass is 32.1. The van der Waals surface area contributed by atoms with Crippen LogP contribution in [0.5, 0.6) is 11.5 Å². The van der Waals surface area contributed by atoms with Crippen molar-refractivity contribution in [3.05, 3.63) is 89.0 Å². The summed E-state index contributed by atoms with van der Waals surface area (Å²) >= 11 is 1.30. The number of hydrogen-bond donors (Lipinski definition) is 1. The summed E-state index contributed by atoms with van der Waals surface area (Å²) in [4.78, 5) is 33.1. The van der Waals surface area contributed by atoms with E-state index in [0.717, 1.165) is 23.1 Å². The summed E-state index contributed by atoms with van der Waals surface area (Å²) in [6, 6.07) is 19.2. The highest BCUT2D eigenvalue weighted by Gasteiger charge is 2.48. The molecule has 0 bridgehead atoms. The van der Waals surface area contributed by atoms with Crippen LogP contribution in [0.15, 0.2) is 72.3 Å². The Bertz CT molecular complexity index is 1540. The van der Waals surface area contributed by atoms with Crippen molar-refractivity contribution in [2.75, 3.05) is 18.1 Å². The molecule has 1 aliphatic rings. The number of ether oxygens (including phenoxy) is 2. The number of hydrogen-bond acceptors (Lipinski definition) is 7. The lowest BCUT2D eigenvalue weighted by atomic mass is 9.95. The van der Waals surface area contributed by atoms with Gasteiger partial charge in [-0.2, -0.15) is 0 Å². The van der Waals surface area contributed by atoms with Gasteiger partial charge in [-0.05, 0) is 56.2 Å². The van der Waals surface area contributed by atoms with Crippen molar-refractivity contribution in [1.29, 1.82) is 0 Å². The minimum atomic E-state index is -0.858. The van der Waals surface area contributed by atoms with E-state index in [0.29, 0.717) is 46.5 Å². The molecule has 200 valence electrons. The number of nitrogens with zero attached hydrogens (tertiary/aromatic N) is 2. The molecule has 1 atom stereocenters. The lowest BCUT2D eigenvalue weighted by Gasteiger charge is -2.23.